The Kier molecular flexibility index (Phi) is 10.6. The number of benzene rings is 3. The molecule has 0 aromatic heterocycles. The maximum Gasteiger partial charge on any atom is 0.264 e. The van der Waals surface area contributed by atoms with Crippen LogP contribution in [0, 0.1) is 0 Å². The average molecular weight is 593 g/mol. The third-order valence-electron chi connectivity index (χ3n) is 6.04. The van der Waals surface area contributed by atoms with Crippen LogP contribution in [0.5, 0.6) is 5.75 Å². The predicted octanol–water partition coefficient (Wildman–Crippen LogP) is 5.14. The smallest absolute Gasteiger partial charge is 0.264 e. The van der Waals surface area contributed by atoms with Crippen molar-refractivity contribution in [2.45, 2.75) is 37.8 Å². The number of likely N-dealkylation sites (N-methyl/N-ethyl adjacent to an activating group) is 1. The van der Waals surface area contributed by atoms with Gasteiger partial charge in [0.25, 0.3) is 10.0 Å². The van der Waals surface area contributed by atoms with E-state index in [2.05, 4.69) is 5.32 Å². The van der Waals surface area contributed by atoms with Crippen LogP contribution < -0.4 is 14.4 Å². The molecule has 1 N–H and O–H groups in total. The van der Waals surface area contributed by atoms with Gasteiger partial charge in [0.1, 0.15) is 18.3 Å². The van der Waals surface area contributed by atoms with E-state index in [1.807, 2.05) is 0 Å². The Morgan fingerprint density at radius 3 is 2.21 bits per heavy atom. The minimum absolute atomic E-state index is 0.00441. The van der Waals surface area contributed by atoms with Gasteiger partial charge in [0, 0.05) is 18.1 Å². The summed E-state index contributed by atoms with van der Waals surface area (Å²) >= 11 is 12.4. The first-order chi connectivity index (χ1) is 18.6. The number of amides is 2. The Morgan fingerprint density at radius 1 is 0.974 bits per heavy atom. The van der Waals surface area contributed by atoms with E-state index in [-0.39, 0.29) is 28.1 Å². The monoisotopic (exact) mass is 591 g/mol. The molecule has 0 bridgehead atoms. The summed E-state index contributed by atoms with van der Waals surface area (Å²) < 4.78 is 33.8. The number of carbonyl (C=O) groups excluding carboxylic acids is 2. The molecule has 8 nitrogen and oxygen atoms in total. The lowest BCUT2D eigenvalue weighted by Gasteiger charge is -2.33. The Balaban J connectivity index is 2.07. The lowest BCUT2D eigenvalue weighted by Crippen LogP contribution is -2.52. The van der Waals surface area contributed by atoms with Crippen LogP contribution in [0.4, 0.5) is 5.69 Å². The molecule has 3 aromatic carbocycles. The molecule has 0 fully saturated rings. The maximum atomic E-state index is 13.9. The van der Waals surface area contributed by atoms with Gasteiger partial charge in [-0.15, -0.1) is 0 Å². The van der Waals surface area contributed by atoms with Gasteiger partial charge < -0.3 is 15.0 Å². The zero-order chi connectivity index (χ0) is 28.6. The molecule has 0 heterocycles. The third-order valence-corrected chi connectivity index (χ3v) is 8.37. The lowest BCUT2D eigenvalue weighted by atomic mass is 10.1. The van der Waals surface area contributed by atoms with E-state index >= 15 is 0 Å². The fraction of sp³-hybridized carbons (Fsp3) is 0.286. The molecule has 3 rings (SSSR count). The number of halogens is 2. The SMILES string of the molecule is CCNC(=O)[C@@H](CC)N(Cc1ccc(Cl)cc1)C(=O)CN(c1ccc(OC)c(Cl)c1)S(=O)(=O)c1ccccc1. The molecule has 0 aliphatic heterocycles. The number of sulfonamides is 1. The molecule has 0 saturated carbocycles. The second-order valence-electron chi connectivity index (χ2n) is 8.61. The Bertz CT molecular complexity index is 1390. The van der Waals surface area contributed by atoms with E-state index in [9.17, 15) is 18.0 Å². The van der Waals surface area contributed by atoms with Gasteiger partial charge in [0.05, 0.1) is 22.7 Å². The minimum atomic E-state index is -4.19. The summed E-state index contributed by atoms with van der Waals surface area (Å²) in [6.07, 6.45) is 0.324. The van der Waals surface area contributed by atoms with Crippen molar-refractivity contribution in [3.8, 4) is 5.75 Å². The highest BCUT2D eigenvalue weighted by Gasteiger charge is 2.33. The Morgan fingerprint density at radius 2 is 1.64 bits per heavy atom. The highest BCUT2D eigenvalue weighted by molar-refractivity contribution is 7.92. The van der Waals surface area contributed by atoms with Gasteiger partial charge in [-0.3, -0.25) is 13.9 Å². The first kappa shape index (κ1) is 30.3. The van der Waals surface area contributed by atoms with E-state index in [4.69, 9.17) is 27.9 Å². The molecule has 0 radical (unpaired) electrons. The van der Waals surface area contributed by atoms with Crippen LogP contribution >= 0.6 is 23.2 Å². The fourth-order valence-corrected chi connectivity index (χ4v) is 5.86. The van der Waals surface area contributed by atoms with Crippen LogP contribution in [0.3, 0.4) is 0 Å². The number of rotatable bonds is 12. The van der Waals surface area contributed by atoms with E-state index in [1.165, 1.54) is 42.3 Å². The molecule has 3 aromatic rings. The minimum Gasteiger partial charge on any atom is -0.495 e. The van der Waals surface area contributed by atoms with Crippen molar-refractivity contribution >= 4 is 50.7 Å². The van der Waals surface area contributed by atoms with Crippen molar-refractivity contribution < 1.29 is 22.7 Å². The molecule has 0 spiro atoms. The summed E-state index contributed by atoms with van der Waals surface area (Å²) in [6.45, 7) is 3.48. The average Bonchev–Trinajstić information content (AvgIpc) is 2.93. The molecule has 11 heteroatoms. The van der Waals surface area contributed by atoms with Gasteiger partial charge in [-0.25, -0.2) is 8.42 Å². The molecule has 2 amide bonds. The van der Waals surface area contributed by atoms with Gasteiger partial charge in [0.15, 0.2) is 0 Å². The van der Waals surface area contributed by atoms with Crippen LogP contribution in [0.15, 0.2) is 77.7 Å². The van der Waals surface area contributed by atoms with Crippen molar-refractivity contribution in [2.75, 3.05) is 24.5 Å². The number of anilines is 1. The van der Waals surface area contributed by atoms with Gasteiger partial charge in [-0.2, -0.15) is 0 Å². The highest BCUT2D eigenvalue weighted by Crippen LogP contribution is 2.32. The topological polar surface area (TPSA) is 96.0 Å². The largest absolute Gasteiger partial charge is 0.495 e. The van der Waals surface area contributed by atoms with Crippen LogP contribution in [-0.2, 0) is 26.2 Å². The Labute approximate surface area is 239 Å². The maximum absolute atomic E-state index is 13.9. The third kappa shape index (κ3) is 7.44. The van der Waals surface area contributed by atoms with Crippen LogP contribution in [0.25, 0.3) is 0 Å². The number of nitrogens with zero attached hydrogens (tertiary/aromatic N) is 2. The Hall–Kier alpha value is -3.27. The van der Waals surface area contributed by atoms with Gasteiger partial charge in [-0.1, -0.05) is 60.5 Å². The number of nitrogens with one attached hydrogen (secondary N) is 1. The summed E-state index contributed by atoms with van der Waals surface area (Å²) in [4.78, 5) is 28.3. The van der Waals surface area contributed by atoms with Gasteiger partial charge in [-0.05, 0) is 61.4 Å². The van der Waals surface area contributed by atoms with Gasteiger partial charge >= 0.3 is 0 Å². The van der Waals surface area contributed by atoms with E-state index in [1.54, 1.807) is 56.3 Å². The molecule has 0 aliphatic rings. The summed E-state index contributed by atoms with van der Waals surface area (Å²) in [5.74, 6) is -0.530. The van der Waals surface area contributed by atoms with Crippen molar-refractivity contribution in [1.29, 1.82) is 0 Å². The number of methoxy groups -OCH3 is 1. The quantitative estimate of drug-likeness (QED) is 0.314. The lowest BCUT2D eigenvalue weighted by molar-refractivity contribution is -0.140. The van der Waals surface area contributed by atoms with Gasteiger partial charge in [0.2, 0.25) is 11.8 Å². The summed E-state index contributed by atoms with van der Waals surface area (Å²) in [5, 5.41) is 3.49. The van der Waals surface area contributed by atoms with Crippen LogP contribution in [-0.4, -0.2) is 51.4 Å². The molecule has 0 unspecified atom stereocenters. The number of hydrogen-bond donors (Lipinski definition) is 1. The molecule has 39 heavy (non-hydrogen) atoms. The highest BCUT2D eigenvalue weighted by atomic mass is 35.5. The van der Waals surface area contributed by atoms with E-state index in [0.29, 0.717) is 23.7 Å². The molecule has 0 aliphatic carbocycles. The van der Waals surface area contributed by atoms with E-state index in [0.717, 1.165) is 9.87 Å². The first-order valence-electron chi connectivity index (χ1n) is 12.3. The zero-order valence-electron chi connectivity index (χ0n) is 21.9. The first-order valence-corrected chi connectivity index (χ1v) is 14.5. The molecular weight excluding hydrogens is 561 g/mol. The second-order valence-corrected chi connectivity index (χ2v) is 11.3. The molecule has 0 saturated heterocycles. The van der Waals surface area contributed by atoms with Crippen LogP contribution in [0.1, 0.15) is 25.8 Å². The zero-order valence-corrected chi connectivity index (χ0v) is 24.3. The summed E-state index contributed by atoms with van der Waals surface area (Å²) in [6, 6.07) is 18.4. The van der Waals surface area contributed by atoms with E-state index < -0.39 is 28.5 Å². The fourth-order valence-electron chi connectivity index (χ4n) is 4.06. The number of hydrogen-bond acceptors (Lipinski definition) is 5. The van der Waals surface area contributed by atoms with Crippen molar-refractivity contribution in [1.82, 2.24) is 10.2 Å². The second kappa shape index (κ2) is 13.7. The van der Waals surface area contributed by atoms with Crippen LogP contribution in [0.2, 0.25) is 10.0 Å². The normalized spacial score (nSPS) is 11.9. The standard InChI is InChI=1S/C28H31Cl2N3O5S/c1-4-25(28(35)31-5-2)32(18-20-11-13-21(29)14-12-20)27(34)19-33(22-15-16-26(38-3)24(30)17-22)39(36,37)23-9-7-6-8-10-23/h6-17,25H,4-5,18-19H2,1-3H3,(H,31,35)/t25-/m1/s1. The molecule has 1 atom stereocenters. The number of ether oxygens (including phenoxy) is 1. The summed E-state index contributed by atoms with van der Waals surface area (Å²) in [7, 11) is -2.74. The van der Waals surface area contributed by atoms with Crippen molar-refractivity contribution in [3.05, 3.63) is 88.4 Å². The number of carbonyl (C=O) groups is 2. The summed E-state index contributed by atoms with van der Waals surface area (Å²) in [5.41, 5.74) is 0.913. The molecular formula is C28H31Cl2N3O5S. The van der Waals surface area contributed by atoms with Crippen molar-refractivity contribution in [2.24, 2.45) is 0 Å². The predicted molar refractivity (Wildman–Crippen MR) is 154 cm³/mol. The van der Waals surface area contributed by atoms with Crippen molar-refractivity contribution in [3.63, 3.8) is 0 Å². The molecule has 208 valence electrons.